The molecule has 132 valence electrons. The number of carbonyl (C=O) groups excluding carboxylic acids is 1. The lowest BCUT2D eigenvalue weighted by molar-refractivity contribution is 0.148. The number of amides is 2. The standard InChI is InChI=1S/C18H26FN3O2/c19-16-3-1-14(2-4-16)11-20-18(23)21-17-5-8-22(9-6-17)12-15-7-10-24-13-15/h1-4,15,17H,5-13H2,(H2,20,21,23). The first-order valence-electron chi connectivity index (χ1n) is 8.78. The number of urea groups is 1. The van der Waals surface area contributed by atoms with Crippen LogP contribution in [-0.4, -0.2) is 49.8 Å². The van der Waals surface area contributed by atoms with Crippen molar-refractivity contribution >= 4 is 6.03 Å². The van der Waals surface area contributed by atoms with E-state index in [9.17, 15) is 9.18 Å². The topological polar surface area (TPSA) is 53.6 Å². The highest BCUT2D eigenvalue weighted by Crippen LogP contribution is 2.17. The Bertz CT molecular complexity index is 524. The van der Waals surface area contributed by atoms with Crippen molar-refractivity contribution in [2.75, 3.05) is 32.8 Å². The summed E-state index contributed by atoms with van der Waals surface area (Å²) in [6.45, 7) is 5.37. The third kappa shape index (κ3) is 5.18. The number of hydrogen-bond acceptors (Lipinski definition) is 3. The Kier molecular flexibility index (Phi) is 6.04. The molecule has 2 fully saturated rings. The van der Waals surface area contributed by atoms with E-state index in [2.05, 4.69) is 15.5 Å². The molecular weight excluding hydrogens is 309 g/mol. The van der Waals surface area contributed by atoms with Gasteiger partial charge in [-0.3, -0.25) is 0 Å². The van der Waals surface area contributed by atoms with Crippen molar-refractivity contribution in [3.8, 4) is 0 Å². The lowest BCUT2D eigenvalue weighted by atomic mass is 10.0. The van der Waals surface area contributed by atoms with Crippen LogP contribution in [0.3, 0.4) is 0 Å². The van der Waals surface area contributed by atoms with Crippen LogP contribution in [0.1, 0.15) is 24.8 Å². The Morgan fingerprint density at radius 1 is 1.21 bits per heavy atom. The minimum absolute atomic E-state index is 0.151. The zero-order valence-corrected chi connectivity index (χ0v) is 14.0. The second kappa shape index (κ2) is 8.44. The van der Waals surface area contributed by atoms with Gasteiger partial charge >= 0.3 is 6.03 Å². The first kappa shape index (κ1) is 17.2. The van der Waals surface area contributed by atoms with Gasteiger partial charge in [-0.1, -0.05) is 12.1 Å². The molecule has 1 aromatic carbocycles. The molecule has 0 aromatic heterocycles. The van der Waals surface area contributed by atoms with Crippen LogP contribution in [0, 0.1) is 11.7 Å². The number of benzene rings is 1. The third-order valence-corrected chi connectivity index (χ3v) is 4.83. The second-order valence-corrected chi connectivity index (χ2v) is 6.76. The van der Waals surface area contributed by atoms with Gasteiger partial charge in [0.05, 0.1) is 6.61 Å². The first-order chi connectivity index (χ1) is 11.7. The highest BCUT2D eigenvalue weighted by atomic mass is 19.1. The normalized spacial score (nSPS) is 22.5. The molecule has 6 heteroatoms. The summed E-state index contributed by atoms with van der Waals surface area (Å²) in [6, 6.07) is 6.25. The van der Waals surface area contributed by atoms with Crippen LogP contribution >= 0.6 is 0 Å². The average molecular weight is 335 g/mol. The zero-order valence-electron chi connectivity index (χ0n) is 14.0. The summed E-state index contributed by atoms with van der Waals surface area (Å²) in [7, 11) is 0. The van der Waals surface area contributed by atoms with Crippen LogP contribution in [0.4, 0.5) is 9.18 Å². The van der Waals surface area contributed by atoms with Crippen molar-refractivity contribution in [2.45, 2.75) is 31.8 Å². The highest BCUT2D eigenvalue weighted by Gasteiger charge is 2.24. The molecule has 2 amide bonds. The SMILES string of the molecule is O=C(NCc1ccc(F)cc1)NC1CCN(CC2CCOC2)CC1. The molecule has 1 atom stereocenters. The fraction of sp³-hybridized carbons (Fsp3) is 0.611. The van der Waals surface area contributed by atoms with Crippen LogP contribution in [-0.2, 0) is 11.3 Å². The quantitative estimate of drug-likeness (QED) is 0.867. The van der Waals surface area contributed by atoms with Crippen LogP contribution in [0.2, 0.25) is 0 Å². The largest absolute Gasteiger partial charge is 0.381 e. The van der Waals surface area contributed by atoms with E-state index in [-0.39, 0.29) is 17.9 Å². The lowest BCUT2D eigenvalue weighted by Gasteiger charge is -2.33. The van der Waals surface area contributed by atoms with E-state index >= 15 is 0 Å². The molecule has 2 aliphatic heterocycles. The maximum Gasteiger partial charge on any atom is 0.315 e. The van der Waals surface area contributed by atoms with Gasteiger partial charge in [0.15, 0.2) is 0 Å². The number of nitrogens with one attached hydrogen (secondary N) is 2. The predicted molar refractivity (Wildman–Crippen MR) is 90.2 cm³/mol. The van der Waals surface area contributed by atoms with Gasteiger partial charge in [0.25, 0.3) is 0 Å². The minimum Gasteiger partial charge on any atom is -0.381 e. The van der Waals surface area contributed by atoms with Crippen LogP contribution in [0.25, 0.3) is 0 Å². The summed E-state index contributed by atoms with van der Waals surface area (Å²) >= 11 is 0. The fourth-order valence-electron chi connectivity index (χ4n) is 3.37. The van der Waals surface area contributed by atoms with E-state index in [0.717, 1.165) is 51.3 Å². The molecule has 1 aromatic rings. The number of piperidine rings is 1. The predicted octanol–water partition coefficient (Wildman–Crippen LogP) is 2.13. The molecule has 2 saturated heterocycles. The van der Waals surface area contributed by atoms with Crippen molar-refractivity contribution < 1.29 is 13.9 Å². The molecule has 3 rings (SSSR count). The Balaban J connectivity index is 1.33. The summed E-state index contributed by atoms with van der Waals surface area (Å²) in [5.41, 5.74) is 0.889. The Hall–Kier alpha value is -1.66. The number of carbonyl (C=O) groups is 1. The summed E-state index contributed by atoms with van der Waals surface area (Å²) in [5.74, 6) is 0.410. The van der Waals surface area contributed by atoms with Gasteiger partial charge in [-0.15, -0.1) is 0 Å². The van der Waals surface area contributed by atoms with Crippen molar-refractivity contribution in [1.29, 1.82) is 0 Å². The Morgan fingerprint density at radius 2 is 1.96 bits per heavy atom. The van der Waals surface area contributed by atoms with Gasteiger partial charge in [-0.05, 0) is 42.9 Å². The van der Waals surface area contributed by atoms with Gasteiger partial charge in [0.1, 0.15) is 5.82 Å². The molecule has 0 saturated carbocycles. The lowest BCUT2D eigenvalue weighted by Crippen LogP contribution is -2.48. The number of likely N-dealkylation sites (tertiary alicyclic amines) is 1. The Morgan fingerprint density at radius 3 is 2.62 bits per heavy atom. The monoisotopic (exact) mass is 335 g/mol. The van der Waals surface area contributed by atoms with E-state index in [0.29, 0.717) is 12.5 Å². The smallest absolute Gasteiger partial charge is 0.315 e. The molecule has 2 heterocycles. The minimum atomic E-state index is -0.265. The molecule has 2 aliphatic rings. The van der Waals surface area contributed by atoms with E-state index in [1.807, 2.05) is 0 Å². The van der Waals surface area contributed by atoms with Crippen molar-refractivity contribution in [1.82, 2.24) is 15.5 Å². The van der Waals surface area contributed by atoms with Gasteiger partial charge in [0, 0.05) is 38.8 Å². The molecule has 0 aliphatic carbocycles. The van der Waals surface area contributed by atoms with E-state index in [1.165, 1.54) is 18.6 Å². The van der Waals surface area contributed by atoms with Crippen LogP contribution < -0.4 is 10.6 Å². The molecule has 24 heavy (non-hydrogen) atoms. The van der Waals surface area contributed by atoms with E-state index < -0.39 is 0 Å². The zero-order chi connectivity index (χ0) is 16.8. The summed E-state index contributed by atoms with van der Waals surface area (Å²) in [4.78, 5) is 14.5. The number of halogens is 1. The fourth-order valence-corrected chi connectivity index (χ4v) is 3.37. The molecule has 0 radical (unpaired) electrons. The molecule has 1 unspecified atom stereocenters. The number of nitrogens with zero attached hydrogens (tertiary/aromatic N) is 1. The molecular formula is C18H26FN3O2. The molecule has 2 N–H and O–H groups in total. The molecule has 0 bridgehead atoms. The van der Waals surface area contributed by atoms with E-state index in [4.69, 9.17) is 4.74 Å². The Labute approximate surface area is 142 Å². The molecule has 0 spiro atoms. The van der Waals surface area contributed by atoms with Crippen LogP contribution in [0.15, 0.2) is 24.3 Å². The number of hydrogen-bond donors (Lipinski definition) is 2. The van der Waals surface area contributed by atoms with Gasteiger partial charge in [0.2, 0.25) is 0 Å². The summed E-state index contributed by atoms with van der Waals surface area (Å²) in [5, 5.41) is 5.87. The van der Waals surface area contributed by atoms with Crippen molar-refractivity contribution in [3.63, 3.8) is 0 Å². The number of rotatable bonds is 5. The first-order valence-corrected chi connectivity index (χ1v) is 8.78. The highest BCUT2D eigenvalue weighted by molar-refractivity contribution is 5.74. The van der Waals surface area contributed by atoms with Gasteiger partial charge < -0.3 is 20.3 Å². The maximum atomic E-state index is 12.8. The van der Waals surface area contributed by atoms with E-state index in [1.54, 1.807) is 12.1 Å². The maximum absolute atomic E-state index is 12.8. The molecule has 5 nitrogen and oxygen atoms in total. The average Bonchev–Trinajstić information content (AvgIpc) is 3.09. The third-order valence-electron chi connectivity index (χ3n) is 4.83. The van der Waals surface area contributed by atoms with Crippen LogP contribution in [0.5, 0.6) is 0 Å². The van der Waals surface area contributed by atoms with Gasteiger partial charge in [-0.25, -0.2) is 9.18 Å². The van der Waals surface area contributed by atoms with Crippen molar-refractivity contribution in [3.05, 3.63) is 35.6 Å². The second-order valence-electron chi connectivity index (χ2n) is 6.76. The van der Waals surface area contributed by atoms with Gasteiger partial charge in [-0.2, -0.15) is 0 Å². The summed E-state index contributed by atoms with van der Waals surface area (Å²) < 4.78 is 18.3. The summed E-state index contributed by atoms with van der Waals surface area (Å²) in [6.07, 6.45) is 3.14. The van der Waals surface area contributed by atoms with Crippen molar-refractivity contribution in [2.24, 2.45) is 5.92 Å². The number of ether oxygens (including phenoxy) is 1.